The van der Waals surface area contributed by atoms with Crippen molar-refractivity contribution in [2.45, 2.75) is 32.0 Å². The minimum atomic E-state index is -4.17. The van der Waals surface area contributed by atoms with Crippen molar-refractivity contribution in [1.82, 2.24) is 0 Å². The zero-order valence-electron chi connectivity index (χ0n) is 8.73. The van der Waals surface area contributed by atoms with Crippen LogP contribution in [-0.4, -0.2) is 6.18 Å². The zero-order chi connectivity index (χ0) is 11.7. The highest BCUT2D eigenvalue weighted by atomic mass is 19.4. The van der Waals surface area contributed by atoms with E-state index in [2.05, 4.69) is 0 Å². The second kappa shape index (κ2) is 3.85. The monoisotopic (exact) mass is 217 g/mol. The summed E-state index contributed by atoms with van der Waals surface area (Å²) in [5.41, 5.74) is 6.16. The van der Waals surface area contributed by atoms with Crippen molar-refractivity contribution in [2.75, 3.05) is 0 Å². The van der Waals surface area contributed by atoms with E-state index in [0.717, 1.165) is 0 Å². The average molecular weight is 217 g/mol. The van der Waals surface area contributed by atoms with Crippen LogP contribution in [0.5, 0.6) is 0 Å². The number of hydrogen-bond acceptors (Lipinski definition) is 1. The highest BCUT2D eigenvalue weighted by Gasteiger charge is 2.28. The Labute approximate surface area is 87.1 Å². The maximum Gasteiger partial charge on any atom is 0.393 e. The molecular weight excluding hydrogens is 203 g/mol. The maximum atomic E-state index is 12.1. The molecular formula is C11H14F3N. The van der Waals surface area contributed by atoms with Crippen LogP contribution < -0.4 is 5.73 Å². The first kappa shape index (κ1) is 12.0. The number of nitrogens with two attached hydrogens (primary N) is 1. The fourth-order valence-corrected chi connectivity index (χ4v) is 1.31. The second-order valence-electron chi connectivity index (χ2n) is 4.21. The first-order valence-corrected chi connectivity index (χ1v) is 4.63. The van der Waals surface area contributed by atoms with Gasteiger partial charge in [0.15, 0.2) is 0 Å². The van der Waals surface area contributed by atoms with Crippen LogP contribution in [0.2, 0.25) is 0 Å². The fourth-order valence-electron chi connectivity index (χ4n) is 1.31. The number of halogens is 3. The third-order valence-corrected chi connectivity index (χ3v) is 2.08. The molecule has 1 aromatic carbocycles. The molecule has 1 aromatic rings. The van der Waals surface area contributed by atoms with Crippen LogP contribution in [0.3, 0.4) is 0 Å². The SMILES string of the molecule is CC(C)(N)c1cccc(CC(F)(F)F)c1. The third kappa shape index (κ3) is 3.91. The molecule has 0 amide bonds. The van der Waals surface area contributed by atoms with Crippen molar-refractivity contribution in [3.63, 3.8) is 0 Å². The molecule has 0 spiro atoms. The molecule has 0 aliphatic carbocycles. The molecule has 2 N–H and O–H groups in total. The van der Waals surface area contributed by atoms with E-state index in [0.29, 0.717) is 5.56 Å². The molecule has 0 bridgehead atoms. The molecule has 84 valence electrons. The van der Waals surface area contributed by atoms with Gasteiger partial charge in [-0.2, -0.15) is 13.2 Å². The van der Waals surface area contributed by atoms with Gasteiger partial charge >= 0.3 is 6.18 Å². The summed E-state index contributed by atoms with van der Waals surface area (Å²) in [6.07, 6.45) is -5.08. The van der Waals surface area contributed by atoms with Gasteiger partial charge < -0.3 is 5.73 Å². The van der Waals surface area contributed by atoms with Gasteiger partial charge in [0.25, 0.3) is 0 Å². The minimum Gasteiger partial charge on any atom is -0.322 e. The zero-order valence-corrected chi connectivity index (χ0v) is 8.73. The Kier molecular flexibility index (Phi) is 3.09. The first-order chi connectivity index (χ1) is 6.68. The van der Waals surface area contributed by atoms with E-state index in [1.807, 2.05) is 0 Å². The lowest BCUT2D eigenvalue weighted by molar-refractivity contribution is -0.127. The highest BCUT2D eigenvalue weighted by Crippen LogP contribution is 2.24. The van der Waals surface area contributed by atoms with E-state index in [4.69, 9.17) is 5.73 Å². The Bertz CT molecular complexity index is 336. The van der Waals surface area contributed by atoms with Gasteiger partial charge in [0.2, 0.25) is 0 Å². The van der Waals surface area contributed by atoms with Crippen LogP contribution in [0.1, 0.15) is 25.0 Å². The summed E-state index contributed by atoms with van der Waals surface area (Å²) < 4.78 is 36.4. The van der Waals surface area contributed by atoms with Gasteiger partial charge in [-0.15, -0.1) is 0 Å². The van der Waals surface area contributed by atoms with Crippen molar-refractivity contribution < 1.29 is 13.2 Å². The molecule has 0 aromatic heterocycles. The predicted molar refractivity (Wildman–Crippen MR) is 53.4 cm³/mol. The van der Waals surface area contributed by atoms with Crippen molar-refractivity contribution in [3.8, 4) is 0 Å². The number of hydrogen-bond donors (Lipinski definition) is 1. The normalized spacial score (nSPS) is 12.9. The van der Waals surface area contributed by atoms with Gasteiger partial charge in [-0.1, -0.05) is 24.3 Å². The number of alkyl halides is 3. The molecule has 0 saturated heterocycles. The molecule has 15 heavy (non-hydrogen) atoms. The van der Waals surface area contributed by atoms with Crippen molar-refractivity contribution in [1.29, 1.82) is 0 Å². The summed E-state index contributed by atoms with van der Waals surface area (Å²) in [6, 6.07) is 6.31. The maximum absolute atomic E-state index is 12.1. The standard InChI is InChI=1S/C11H14F3N/c1-10(2,15)9-5-3-4-8(6-9)7-11(12,13)14/h3-6H,7,15H2,1-2H3. The summed E-state index contributed by atoms with van der Waals surface area (Å²) in [5, 5.41) is 0. The van der Waals surface area contributed by atoms with Gasteiger partial charge in [0.05, 0.1) is 6.42 Å². The summed E-state index contributed by atoms with van der Waals surface area (Å²) in [6.45, 7) is 3.53. The van der Waals surface area contributed by atoms with E-state index in [1.54, 1.807) is 26.0 Å². The van der Waals surface area contributed by atoms with Crippen LogP contribution >= 0.6 is 0 Å². The van der Waals surface area contributed by atoms with Crippen LogP contribution in [-0.2, 0) is 12.0 Å². The van der Waals surface area contributed by atoms with Crippen molar-refractivity contribution >= 4 is 0 Å². The van der Waals surface area contributed by atoms with Gasteiger partial charge in [0.1, 0.15) is 0 Å². The molecule has 1 rings (SSSR count). The smallest absolute Gasteiger partial charge is 0.322 e. The molecule has 0 fully saturated rings. The Morgan fingerprint density at radius 2 is 1.80 bits per heavy atom. The molecule has 0 saturated carbocycles. The number of rotatable bonds is 2. The molecule has 4 heteroatoms. The van der Waals surface area contributed by atoms with Crippen molar-refractivity contribution in [3.05, 3.63) is 35.4 Å². The van der Waals surface area contributed by atoms with Crippen LogP contribution in [0.4, 0.5) is 13.2 Å². The summed E-state index contributed by atoms with van der Waals surface area (Å²) in [7, 11) is 0. The molecule has 0 heterocycles. The van der Waals surface area contributed by atoms with Gasteiger partial charge in [-0.25, -0.2) is 0 Å². The average Bonchev–Trinajstić information content (AvgIpc) is 1.99. The lowest BCUT2D eigenvalue weighted by Gasteiger charge is -2.20. The second-order valence-corrected chi connectivity index (χ2v) is 4.21. The van der Waals surface area contributed by atoms with E-state index >= 15 is 0 Å². The molecule has 0 radical (unpaired) electrons. The largest absolute Gasteiger partial charge is 0.393 e. The lowest BCUT2D eigenvalue weighted by Crippen LogP contribution is -2.28. The van der Waals surface area contributed by atoms with Crippen LogP contribution in [0.15, 0.2) is 24.3 Å². The van der Waals surface area contributed by atoms with Crippen molar-refractivity contribution in [2.24, 2.45) is 5.73 Å². The Balaban J connectivity index is 2.94. The Morgan fingerprint density at radius 1 is 1.20 bits per heavy atom. The quantitative estimate of drug-likeness (QED) is 0.809. The van der Waals surface area contributed by atoms with Gasteiger partial charge in [-0.05, 0) is 25.0 Å². The van der Waals surface area contributed by atoms with E-state index in [1.165, 1.54) is 12.1 Å². The topological polar surface area (TPSA) is 26.0 Å². The Hall–Kier alpha value is -1.03. The molecule has 1 nitrogen and oxygen atoms in total. The highest BCUT2D eigenvalue weighted by molar-refractivity contribution is 5.28. The third-order valence-electron chi connectivity index (χ3n) is 2.08. The van der Waals surface area contributed by atoms with Crippen LogP contribution in [0.25, 0.3) is 0 Å². The lowest BCUT2D eigenvalue weighted by atomic mass is 9.93. The first-order valence-electron chi connectivity index (χ1n) is 4.63. The predicted octanol–water partition coefficient (Wildman–Crippen LogP) is 2.99. The molecule has 0 aliphatic rings. The molecule has 0 unspecified atom stereocenters. The number of benzene rings is 1. The minimum absolute atomic E-state index is 0.249. The molecule has 0 aliphatic heterocycles. The fraction of sp³-hybridized carbons (Fsp3) is 0.455. The summed E-state index contributed by atoms with van der Waals surface area (Å²) in [4.78, 5) is 0. The van der Waals surface area contributed by atoms with E-state index in [-0.39, 0.29) is 5.56 Å². The van der Waals surface area contributed by atoms with E-state index < -0.39 is 18.1 Å². The summed E-state index contributed by atoms with van der Waals surface area (Å²) >= 11 is 0. The summed E-state index contributed by atoms with van der Waals surface area (Å²) in [5.74, 6) is 0. The Morgan fingerprint density at radius 3 is 2.27 bits per heavy atom. The molecule has 0 atom stereocenters. The van der Waals surface area contributed by atoms with Gasteiger partial charge in [-0.3, -0.25) is 0 Å². The van der Waals surface area contributed by atoms with E-state index in [9.17, 15) is 13.2 Å². The van der Waals surface area contributed by atoms with Crippen LogP contribution in [0, 0.1) is 0 Å². The van der Waals surface area contributed by atoms with Gasteiger partial charge in [0, 0.05) is 5.54 Å².